The van der Waals surface area contributed by atoms with Gasteiger partial charge in [0.15, 0.2) is 0 Å². The van der Waals surface area contributed by atoms with Crippen LogP contribution in [0.4, 0.5) is 27.6 Å². The molecular weight excluding hydrogens is 595 g/mol. The van der Waals surface area contributed by atoms with Gasteiger partial charge < -0.3 is 15.7 Å². The Labute approximate surface area is 246 Å². The molecule has 0 aliphatic rings. The second-order valence-electron chi connectivity index (χ2n) is 9.51. The third-order valence-electron chi connectivity index (χ3n) is 6.69. The van der Waals surface area contributed by atoms with Gasteiger partial charge in [-0.3, -0.25) is 9.78 Å². The molecule has 4 rings (SSSR count). The van der Waals surface area contributed by atoms with Crippen molar-refractivity contribution >= 4 is 40.1 Å². The minimum absolute atomic E-state index is 0.295. The highest BCUT2D eigenvalue weighted by molar-refractivity contribution is 6.33. The maximum absolute atomic E-state index is 14.8. The molecule has 0 fully saturated rings. The number of carboxylic acids is 1. The van der Waals surface area contributed by atoms with Gasteiger partial charge in [0.2, 0.25) is 0 Å². The predicted molar refractivity (Wildman–Crippen MR) is 150 cm³/mol. The number of carbonyl (C=O) groups is 2. The van der Waals surface area contributed by atoms with E-state index in [-0.39, 0.29) is 6.42 Å². The van der Waals surface area contributed by atoms with Crippen molar-refractivity contribution in [3.05, 3.63) is 94.1 Å². The first-order valence-electron chi connectivity index (χ1n) is 12.8. The number of hydrogen-bond acceptors (Lipinski definition) is 5. The van der Waals surface area contributed by atoms with Gasteiger partial charge in [-0.15, -0.1) is 0 Å². The molecule has 1 amide bonds. The van der Waals surface area contributed by atoms with Crippen molar-refractivity contribution < 1.29 is 36.6 Å². The lowest BCUT2D eigenvalue weighted by Gasteiger charge is -2.22. The average Bonchev–Trinajstić information content (AvgIpc) is 2.94. The Morgan fingerprint density at radius 3 is 2.33 bits per heavy atom. The topological polar surface area (TPSA) is 115 Å². The van der Waals surface area contributed by atoms with Gasteiger partial charge in [-0.1, -0.05) is 42.8 Å². The zero-order chi connectivity index (χ0) is 31.5. The first-order valence-corrected chi connectivity index (χ1v) is 13.1. The molecule has 1 aromatic heterocycles. The predicted octanol–water partition coefficient (Wildman–Crippen LogP) is 6.88. The molecule has 0 aliphatic carbocycles. The van der Waals surface area contributed by atoms with Crippen LogP contribution >= 0.6 is 11.6 Å². The fourth-order valence-corrected chi connectivity index (χ4v) is 4.85. The van der Waals surface area contributed by atoms with Crippen molar-refractivity contribution in [2.75, 3.05) is 5.32 Å². The molecular formula is C30H22ClF5N4O3. The third kappa shape index (κ3) is 6.84. The SMILES string of the molecule is CC[C@@H](Nc1cc(F)c(C(=O)N[C@@H](Cc2ccc(-c3ccc(C#N)cc3Cl)c3ncccc23)C(=O)O)c(F)c1)C(F)(F)F. The summed E-state index contributed by atoms with van der Waals surface area (Å²) in [4.78, 5) is 29.3. The molecule has 0 aliphatic heterocycles. The van der Waals surface area contributed by atoms with E-state index in [1.165, 1.54) is 19.2 Å². The first-order chi connectivity index (χ1) is 20.3. The monoisotopic (exact) mass is 616 g/mol. The van der Waals surface area contributed by atoms with Crippen LogP contribution in [0.25, 0.3) is 22.0 Å². The highest BCUT2D eigenvalue weighted by atomic mass is 35.5. The number of nitrogens with one attached hydrogen (secondary N) is 2. The number of fused-ring (bicyclic) bond motifs is 1. The quantitative estimate of drug-likeness (QED) is 0.177. The van der Waals surface area contributed by atoms with Crippen LogP contribution in [0.1, 0.15) is 34.8 Å². The van der Waals surface area contributed by atoms with Gasteiger partial charge >= 0.3 is 12.1 Å². The summed E-state index contributed by atoms with van der Waals surface area (Å²) in [7, 11) is 0. The molecule has 1 heterocycles. The average molecular weight is 617 g/mol. The molecule has 4 aromatic rings. The summed E-state index contributed by atoms with van der Waals surface area (Å²) < 4.78 is 68.8. The standard InChI is InChI=1S/C30H22ClF5N4O3/c1-2-25(30(34,35)36)39-17-12-22(32)26(23(33)13-17)28(41)40-24(29(42)43)11-16-6-8-20(27-18(16)4-3-9-38-27)19-7-5-15(14-37)10-21(19)31/h3-10,12-13,24-25,39H,2,11H2,1H3,(H,40,41)(H,42,43)/t24-,25+/m0/s1. The number of carbonyl (C=O) groups excluding carboxylic acids is 1. The lowest BCUT2D eigenvalue weighted by Crippen LogP contribution is -2.43. The summed E-state index contributed by atoms with van der Waals surface area (Å²) in [5.74, 6) is -5.85. The smallest absolute Gasteiger partial charge is 0.408 e. The second-order valence-corrected chi connectivity index (χ2v) is 9.92. The van der Waals surface area contributed by atoms with Crippen LogP contribution in [0.3, 0.4) is 0 Å². The second kappa shape index (κ2) is 12.6. The number of nitriles is 1. The molecule has 0 radical (unpaired) electrons. The maximum atomic E-state index is 14.8. The van der Waals surface area contributed by atoms with Crippen molar-refractivity contribution in [1.82, 2.24) is 10.3 Å². The number of benzene rings is 3. The van der Waals surface area contributed by atoms with Crippen molar-refractivity contribution in [2.45, 2.75) is 38.0 Å². The minimum atomic E-state index is -4.68. The van der Waals surface area contributed by atoms with Crippen LogP contribution in [-0.4, -0.2) is 40.2 Å². The molecule has 7 nitrogen and oxygen atoms in total. The number of pyridine rings is 1. The number of carboxylic acid groups (broad SMARTS) is 1. The summed E-state index contributed by atoms with van der Waals surface area (Å²) in [6.07, 6.45) is -3.89. The van der Waals surface area contributed by atoms with E-state index in [4.69, 9.17) is 16.9 Å². The van der Waals surface area contributed by atoms with Gasteiger partial charge in [0.05, 0.1) is 17.1 Å². The van der Waals surface area contributed by atoms with E-state index in [0.717, 1.165) is 0 Å². The Kier molecular flexibility index (Phi) is 9.16. The van der Waals surface area contributed by atoms with Crippen LogP contribution < -0.4 is 10.6 Å². The lowest BCUT2D eigenvalue weighted by molar-refractivity contribution is -0.143. The summed E-state index contributed by atoms with van der Waals surface area (Å²) in [5.41, 5.74) is 0.727. The van der Waals surface area contributed by atoms with Gasteiger partial charge in [-0.25, -0.2) is 13.6 Å². The number of nitrogens with zero attached hydrogens (tertiary/aromatic N) is 2. The van der Waals surface area contributed by atoms with Crippen molar-refractivity contribution in [3.8, 4) is 17.2 Å². The van der Waals surface area contributed by atoms with Gasteiger partial charge in [0, 0.05) is 39.8 Å². The zero-order valence-electron chi connectivity index (χ0n) is 22.3. The number of aromatic nitrogens is 1. The van der Waals surface area contributed by atoms with E-state index in [0.29, 0.717) is 50.3 Å². The number of anilines is 1. The first kappa shape index (κ1) is 31.2. The molecule has 222 valence electrons. The summed E-state index contributed by atoms with van der Waals surface area (Å²) in [5, 5.41) is 23.9. The van der Waals surface area contributed by atoms with Crippen LogP contribution in [0.5, 0.6) is 0 Å². The van der Waals surface area contributed by atoms with Gasteiger partial charge in [0.25, 0.3) is 5.91 Å². The molecule has 3 N–H and O–H groups in total. The summed E-state index contributed by atoms with van der Waals surface area (Å²) >= 11 is 6.39. The van der Waals surface area contributed by atoms with Gasteiger partial charge in [0.1, 0.15) is 29.3 Å². The highest BCUT2D eigenvalue weighted by Crippen LogP contribution is 2.35. The zero-order valence-corrected chi connectivity index (χ0v) is 23.0. The van der Waals surface area contributed by atoms with Crippen molar-refractivity contribution in [3.63, 3.8) is 0 Å². The molecule has 0 unspecified atom stereocenters. The molecule has 0 bridgehead atoms. The normalized spacial score (nSPS) is 12.8. The Bertz CT molecular complexity index is 1730. The van der Waals surface area contributed by atoms with Crippen molar-refractivity contribution in [1.29, 1.82) is 5.26 Å². The minimum Gasteiger partial charge on any atom is -0.480 e. The maximum Gasteiger partial charge on any atom is 0.408 e. The van der Waals surface area contributed by atoms with Crippen LogP contribution in [-0.2, 0) is 11.2 Å². The summed E-state index contributed by atoms with van der Waals surface area (Å²) in [6, 6.07) is 10.6. The Morgan fingerprint density at radius 1 is 1.07 bits per heavy atom. The fourth-order valence-electron chi connectivity index (χ4n) is 4.57. The van der Waals surface area contributed by atoms with E-state index in [1.54, 1.807) is 36.4 Å². The molecule has 43 heavy (non-hydrogen) atoms. The highest BCUT2D eigenvalue weighted by Gasteiger charge is 2.38. The lowest BCUT2D eigenvalue weighted by atomic mass is 9.94. The van der Waals surface area contributed by atoms with E-state index in [1.807, 2.05) is 11.4 Å². The van der Waals surface area contributed by atoms with Crippen LogP contribution in [0, 0.1) is 23.0 Å². The fraction of sp³-hybridized carbons (Fsp3) is 0.200. The van der Waals surface area contributed by atoms with Crippen molar-refractivity contribution in [2.24, 2.45) is 0 Å². The Balaban J connectivity index is 1.62. The number of hydrogen-bond donors (Lipinski definition) is 3. The third-order valence-corrected chi connectivity index (χ3v) is 7.00. The summed E-state index contributed by atoms with van der Waals surface area (Å²) in [6.45, 7) is 1.24. The molecule has 0 saturated heterocycles. The number of amides is 1. The van der Waals surface area contributed by atoms with E-state index in [2.05, 4.69) is 10.3 Å². The van der Waals surface area contributed by atoms with E-state index in [9.17, 15) is 36.6 Å². The van der Waals surface area contributed by atoms with E-state index < -0.39 is 59.4 Å². The molecule has 0 saturated carbocycles. The number of alkyl halides is 3. The number of halogens is 6. The molecule has 3 aromatic carbocycles. The van der Waals surface area contributed by atoms with Crippen LogP contribution in [0.15, 0.2) is 60.8 Å². The molecule has 13 heteroatoms. The van der Waals surface area contributed by atoms with Gasteiger partial charge in [-0.2, -0.15) is 18.4 Å². The van der Waals surface area contributed by atoms with E-state index >= 15 is 0 Å². The van der Waals surface area contributed by atoms with Crippen LogP contribution in [0.2, 0.25) is 5.02 Å². The number of aliphatic carboxylic acids is 1. The largest absolute Gasteiger partial charge is 0.480 e. The Hall–Kier alpha value is -4.76. The Morgan fingerprint density at radius 2 is 1.74 bits per heavy atom. The molecule has 0 spiro atoms. The number of rotatable bonds is 9. The molecule has 2 atom stereocenters. The van der Waals surface area contributed by atoms with Gasteiger partial charge in [-0.05, 0) is 42.3 Å².